The van der Waals surface area contributed by atoms with E-state index in [0.29, 0.717) is 0 Å². The minimum Gasteiger partial charge on any atom is -0.293 e. The summed E-state index contributed by atoms with van der Waals surface area (Å²) in [5.41, 5.74) is 9.89. The highest BCUT2D eigenvalue weighted by molar-refractivity contribution is 6.04. The number of hydrogen-bond donors (Lipinski definition) is 0. The number of carbonyl (C=O) groups excluding carboxylic acids is 1. The maximum Gasteiger partial charge on any atom is 0.170 e. The molecule has 0 saturated heterocycles. The number of fused-ring (bicyclic) bond motifs is 1. The zero-order valence-corrected chi connectivity index (χ0v) is 18.7. The molecule has 158 valence electrons. The van der Waals surface area contributed by atoms with Crippen LogP contribution in [-0.4, -0.2) is 5.78 Å². The lowest BCUT2D eigenvalue weighted by Gasteiger charge is -2.24. The van der Waals surface area contributed by atoms with Crippen molar-refractivity contribution in [2.24, 2.45) is 5.92 Å². The summed E-state index contributed by atoms with van der Waals surface area (Å²) in [7, 11) is 0. The normalized spacial score (nSPS) is 19.5. The summed E-state index contributed by atoms with van der Waals surface area (Å²) in [6, 6.07) is 25.4. The zero-order valence-electron chi connectivity index (χ0n) is 18.7. The second kappa shape index (κ2) is 8.59. The van der Waals surface area contributed by atoms with Crippen molar-refractivity contribution in [3.05, 3.63) is 130 Å². The van der Waals surface area contributed by atoms with Gasteiger partial charge < -0.3 is 0 Å². The third-order valence-electron chi connectivity index (χ3n) is 6.82. The molecule has 2 aliphatic rings. The second-order valence-electron chi connectivity index (χ2n) is 8.98. The number of carbonyl (C=O) groups is 1. The molecule has 2 unspecified atom stereocenters. The summed E-state index contributed by atoms with van der Waals surface area (Å²) >= 11 is 0. The van der Waals surface area contributed by atoms with Gasteiger partial charge in [-0.05, 0) is 54.5 Å². The fraction of sp³-hybridized carbons (Fsp3) is 0.194. The van der Waals surface area contributed by atoms with E-state index in [1.165, 1.54) is 33.4 Å². The fourth-order valence-corrected chi connectivity index (χ4v) is 5.15. The number of aryl methyl sites for hydroxylation is 2. The molecule has 2 atom stereocenters. The Labute approximate surface area is 190 Å². The average Bonchev–Trinajstić information content (AvgIpc) is 3.23. The van der Waals surface area contributed by atoms with Crippen LogP contribution in [0.2, 0.25) is 0 Å². The van der Waals surface area contributed by atoms with E-state index in [0.717, 1.165) is 24.0 Å². The van der Waals surface area contributed by atoms with Gasteiger partial charge in [0, 0.05) is 17.4 Å². The number of hydrogen-bond acceptors (Lipinski definition) is 1. The molecule has 1 nitrogen and oxygen atoms in total. The van der Waals surface area contributed by atoms with E-state index in [-0.39, 0.29) is 17.6 Å². The third-order valence-corrected chi connectivity index (χ3v) is 6.82. The molecule has 0 aliphatic heterocycles. The minimum absolute atomic E-state index is 0.0497. The Balaban J connectivity index is 1.41. The van der Waals surface area contributed by atoms with Crippen molar-refractivity contribution in [1.29, 1.82) is 0 Å². The number of allylic oxidation sites excluding steroid dienone is 5. The molecular formula is C31H28O. The van der Waals surface area contributed by atoms with E-state index in [2.05, 4.69) is 86.7 Å². The van der Waals surface area contributed by atoms with E-state index in [1.807, 2.05) is 24.3 Å². The van der Waals surface area contributed by atoms with Crippen molar-refractivity contribution in [3.8, 4) is 0 Å². The van der Waals surface area contributed by atoms with Crippen LogP contribution in [0.1, 0.15) is 56.9 Å². The molecule has 0 N–H and O–H groups in total. The van der Waals surface area contributed by atoms with Gasteiger partial charge in [0.2, 0.25) is 0 Å². The molecule has 0 aromatic heterocycles. The molecule has 32 heavy (non-hydrogen) atoms. The molecular weight excluding hydrogens is 388 g/mol. The van der Waals surface area contributed by atoms with Gasteiger partial charge in [0.1, 0.15) is 0 Å². The van der Waals surface area contributed by atoms with Crippen molar-refractivity contribution in [1.82, 2.24) is 0 Å². The first-order chi connectivity index (χ1) is 15.6. The molecule has 0 bridgehead atoms. The number of Topliss-reactive ketones (excluding diaryl/α,β-unsaturated/α-hetero) is 1. The summed E-state index contributed by atoms with van der Waals surface area (Å²) in [5.74, 6) is 0.445. The first-order valence-corrected chi connectivity index (χ1v) is 11.5. The molecule has 0 heterocycles. The van der Waals surface area contributed by atoms with Gasteiger partial charge >= 0.3 is 0 Å². The molecule has 0 amide bonds. The maximum atomic E-state index is 13.1. The molecule has 0 spiro atoms. The minimum atomic E-state index is -0.0497. The van der Waals surface area contributed by atoms with Crippen LogP contribution in [0.3, 0.4) is 0 Å². The van der Waals surface area contributed by atoms with Crippen LogP contribution in [0.25, 0.3) is 11.6 Å². The van der Waals surface area contributed by atoms with Gasteiger partial charge in [-0.15, -0.1) is 0 Å². The average molecular weight is 417 g/mol. The Morgan fingerprint density at radius 3 is 2.44 bits per heavy atom. The van der Waals surface area contributed by atoms with Crippen LogP contribution in [0.15, 0.2) is 96.6 Å². The van der Waals surface area contributed by atoms with Crippen molar-refractivity contribution in [2.45, 2.75) is 32.6 Å². The van der Waals surface area contributed by atoms with Crippen LogP contribution in [0, 0.1) is 19.8 Å². The summed E-state index contributed by atoms with van der Waals surface area (Å²) in [5, 5.41) is 0. The summed E-state index contributed by atoms with van der Waals surface area (Å²) < 4.78 is 0. The first-order valence-electron chi connectivity index (χ1n) is 11.5. The molecule has 3 aromatic rings. The molecule has 3 aromatic carbocycles. The lowest BCUT2D eigenvalue weighted by Crippen LogP contribution is -2.17. The van der Waals surface area contributed by atoms with Crippen LogP contribution < -0.4 is 0 Å². The molecule has 1 heteroatoms. The van der Waals surface area contributed by atoms with Gasteiger partial charge in [-0.1, -0.05) is 108 Å². The monoisotopic (exact) mass is 416 g/mol. The van der Waals surface area contributed by atoms with Gasteiger partial charge in [-0.3, -0.25) is 4.79 Å². The zero-order chi connectivity index (χ0) is 22.1. The van der Waals surface area contributed by atoms with Crippen LogP contribution in [0.5, 0.6) is 0 Å². The molecule has 0 fully saturated rings. The van der Waals surface area contributed by atoms with Crippen molar-refractivity contribution in [2.75, 3.05) is 0 Å². The SMILES string of the molecule is Cc1ccc(C2C(CCC3C=Cc4ccccc4C3=O)=CC=C2c2ccccc2)c(C)c1. The van der Waals surface area contributed by atoms with Gasteiger partial charge in [-0.2, -0.15) is 0 Å². The predicted molar refractivity (Wildman–Crippen MR) is 134 cm³/mol. The topological polar surface area (TPSA) is 17.1 Å². The summed E-state index contributed by atoms with van der Waals surface area (Å²) in [6.45, 7) is 4.36. The van der Waals surface area contributed by atoms with Crippen molar-refractivity contribution in [3.63, 3.8) is 0 Å². The standard InChI is InChI=1S/C31H28O/c1-21-12-18-27(22(2)20-21)30-25(17-19-28(30)23-8-4-3-5-9-23)14-16-26-15-13-24-10-6-7-11-29(24)31(26)32/h3-13,15,17-20,26,30H,14,16H2,1-2H3. The Bertz CT molecular complexity index is 1260. The lowest BCUT2D eigenvalue weighted by atomic mass is 9.79. The quantitative estimate of drug-likeness (QED) is 0.416. The Morgan fingerprint density at radius 2 is 1.62 bits per heavy atom. The van der Waals surface area contributed by atoms with E-state index < -0.39 is 0 Å². The van der Waals surface area contributed by atoms with Gasteiger partial charge in [-0.25, -0.2) is 0 Å². The van der Waals surface area contributed by atoms with Crippen LogP contribution in [0.4, 0.5) is 0 Å². The summed E-state index contributed by atoms with van der Waals surface area (Å²) in [4.78, 5) is 13.1. The number of rotatable bonds is 5. The second-order valence-corrected chi connectivity index (χ2v) is 8.98. The van der Waals surface area contributed by atoms with E-state index in [4.69, 9.17) is 0 Å². The van der Waals surface area contributed by atoms with Crippen molar-refractivity contribution >= 4 is 17.4 Å². The van der Waals surface area contributed by atoms with Crippen molar-refractivity contribution < 1.29 is 4.79 Å². The Kier molecular flexibility index (Phi) is 5.49. The van der Waals surface area contributed by atoms with E-state index >= 15 is 0 Å². The van der Waals surface area contributed by atoms with Gasteiger partial charge in [0.15, 0.2) is 5.78 Å². The largest absolute Gasteiger partial charge is 0.293 e. The molecule has 5 rings (SSSR count). The highest BCUT2D eigenvalue weighted by Crippen LogP contribution is 2.45. The first kappa shape index (κ1) is 20.5. The van der Waals surface area contributed by atoms with Crippen LogP contribution in [-0.2, 0) is 0 Å². The van der Waals surface area contributed by atoms with Gasteiger partial charge in [0.25, 0.3) is 0 Å². The lowest BCUT2D eigenvalue weighted by molar-refractivity contribution is 0.0938. The summed E-state index contributed by atoms with van der Waals surface area (Å²) in [6.07, 6.45) is 10.5. The maximum absolute atomic E-state index is 13.1. The van der Waals surface area contributed by atoms with E-state index in [9.17, 15) is 4.79 Å². The smallest absolute Gasteiger partial charge is 0.170 e. The predicted octanol–water partition coefficient (Wildman–Crippen LogP) is 7.72. The number of benzene rings is 3. The Hall–Kier alpha value is -3.45. The van der Waals surface area contributed by atoms with E-state index in [1.54, 1.807) is 0 Å². The Morgan fingerprint density at radius 1 is 0.844 bits per heavy atom. The molecule has 0 radical (unpaired) electrons. The number of ketones is 1. The van der Waals surface area contributed by atoms with Crippen LogP contribution >= 0.6 is 0 Å². The molecule has 0 saturated carbocycles. The molecule has 2 aliphatic carbocycles. The fourth-order valence-electron chi connectivity index (χ4n) is 5.15. The highest BCUT2D eigenvalue weighted by atomic mass is 16.1. The van der Waals surface area contributed by atoms with Gasteiger partial charge in [0.05, 0.1) is 0 Å². The third kappa shape index (κ3) is 3.80. The highest BCUT2D eigenvalue weighted by Gasteiger charge is 2.29.